The zero-order chi connectivity index (χ0) is 24.1. The minimum Gasteiger partial charge on any atom is -0.350 e. The van der Waals surface area contributed by atoms with Crippen LogP contribution in [0.25, 0.3) is 22.0 Å². The average molecular weight is 499 g/mol. The van der Waals surface area contributed by atoms with Crippen LogP contribution in [-0.2, 0) is 14.8 Å². The molecule has 3 aromatic rings. The molecular weight excluding hydrogens is 472 g/mol. The van der Waals surface area contributed by atoms with Gasteiger partial charge in [0.1, 0.15) is 10.6 Å². The van der Waals surface area contributed by atoms with Crippen LogP contribution in [0.15, 0.2) is 53.4 Å². The molecule has 178 valence electrons. The Labute approximate surface area is 202 Å². The molecule has 1 saturated carbocycles. The maximum Gasteiger partial charge on any atom is 0.286 e. The number of nitrogens with one attached hydrogen (secondary N) is 2. The summed E-state index contributed by atoms with van der Waals surface area (Å²) in [7, 11) is -3.92. The van der Waals surface area contributed by atoms with Gasteiger partial charge in [-0.3, -0.25) is 15.0 Å². The molecule has 1 spiro atoms. The number of hydrogen-bond acceptors (Lipinski definition) is 5. The van der Waals surface area contributed by atoms with Crippen molar-refractivity contribution < 1.29 is 18.0 Å². The molecule has 2 amide bonds. The fourth-order valence-electron chi connectivity index (χ4n) is 4.88. The number of hydrogen-bond donors (Lipinski definition) is 3. The summed E-state index contributed by atoms with van der Waals surface area (Å²) < 4.78 is 23.9. The van der Waals surface area contributed by atoms with Crippen LogP contribution >= 0.6 is 11.8 Å². The van der Waals surface area contributed by atoms with Gasteiger partial charge < -0.3 is 4.98 Å². The molecule has 0 atom stereocenters. The first-order valence-electron chi connectivity index (χ1n) is 11.2. The number of nitrogens with zero attached hydrogens (tertiary/aromatic N) is 1. The van der Waals surface area contributed by atoms with Gasteiger partial charge in [0.2, 0.25) is 10.0 Å². The van der Waals surface area contributed by atoms with Crippen LogP contribution in [0.4, 0.5) is 0 Å². The van der Waals surface area contributed by atoms with E-state index < -0.39 is 20.8 Å². The Morgan fingerprint density at radius 1 is 1.18 bits per heavy atom. The van der Waals surface area contributed by atoms with Gasteiger partial charge in [0.15, 0.2) is 0 Å². The van der Waals surface area contributed by atoms with Crippen molar-refractivity contribution in [1.82, 2.24) is 15.4 Å². The van der Waals surface area contributed by atoms with Gasteiger partial charge in [-0.15, -0.1) is 11.8 Å². The number of aromatic amines is 1. The van der Waals surface area contributed by atoms with E-state index in [1.54, 1.807) is 17.8 Å². The van der Waals surface area contributed by atoms with Gasteiger partial charge >= 0.3 is 0 Å². The van der Waals surface area contributed by atoms with E-state index in [0.717, 1.165) is 31.2 Å². The standard InChI is InChI=1S/C24H26N4O4S2/c1-15-9-11-24(12-10-15)28(20(29)14-33-24)27-23(30)22-21(16-5-3-2-4-6-16)18-13-17(34(25,31)32)7-8-19(18)26-22/h2-8,13,15,26H,9-12,14H2,1H3,(H,27,30)(H2,25,31,32). The van der Waals surface area contributed by atoms with Gasteiger partial charge in [0.25, 0.3) is 11.8 Å². The first kappa shape index (κ1) is 22.9. The Morgan fingerprint density at radius 3 is 2.56 bits per heavy atom. The highest BCUT2D eigenvalue weighted by atomic mass is 32.2. The lowest BCUT2D eigenvalue weighted by atomic mass is 9.86. The molecule has 4 N–H and O–H groups in total. The van der Waals surface area contributed by atoms with Gasteiger partial charge in [-0.2, -0.15) is 0 Å². The van der Waals surface area contributed by atoms with Gasteiger partial charge in [0.05, 0.1) is 10.6 Å². The summed E-state index contributed by atoms with van der Waals surface area (Å²) in [6.45, 7) is 2.21. The summed E-state index contributed by atoms with van der Waals surface area (Å²) in [5, 5.41) is 7.44. The van der Waals surface area contributed by atoms with Crippen LogP contribution in [0.5, 0.6) is 0 Å². The van der Waals surface area contributed by atoms with Crippen LogP contribution in [0.2, 0.25) is 0 Å². The van der Waals surface area contributed by atoms with Crippen molar-refractivity contribution in [2.45, 2.75) is 42.4 Å². The van der Waals surface area contributed by atoms with Crippen molar-refractivity contribution in [2.24, 2.45) is 11.1 Å². The monoisotopic (exact) mass is 498 g/mol. The van der Waals surface area contributed by atoms with Crippen molar-refractivity contribution in [2.75, 3.05) is 5.75 Å². The second kappa shape index (κ2) is 8.44. The molecule has 0 bridgehead atoms. The topological polar surface area (TPSA) is 125 Å². The van der Waals surface area contributed by atoms with Gasteiger partial charge in [-0.25, -0.2) is 18.6 Å². The number of carbonyl (C=O) groups excluding carboxylic acids is 2. The third kappa shape index (κ3) is 3.99. The normalized spacial score (nSPS) is 23.1. The molecule has 1 aliphatic heterocycles. The van der Waals surface area contributed by atoms with Gasteiger partial charge in [-0.1, -0.05) is 37.3 Å². The molecule has 0 unspecified atom stereocenters. The Morgan fingerprint density at radius 2 is 1.88 bits per heavy atom. The van der Waals surface area contributed by atoms with Crippen LogP contribution in [0.3, 0.4) is 0 Å². The van der Waals surface area contributed by atoms with Crippen molar-refractivity contribution in [3.63, 3.8) is 0 Å². The molecule has 2 fully saturated rings. The molecule has 8 nitrogen and oxygen atoms in total. The number of carbonyl (C=O) groups is 2. The summed E-state index contributed by atoms with van der Waals surface area (Å²) in [5.74, 6) is 0.388. The van der Waals surface area contributed by atoms with E-state index in [2.05, 4.69) is 17.3 Å². The smallest absolute Gasteiger partial charge is 0.286 e. The first-order valence-corrected chi connectivity index (χ1v) is 13.7. The highest BCUT2D eigenvalue weighted by Crippen LogP contribution is 2.47. The van der Waals surface area contributed by atoms with Crippen LogP contribution in [0.1, 0.15) is 43.1 Å². The van der Waals surface area contributed by atoms with Crippen LogP contribution in [-0.4, -0.2) is 40.8 Å². The lowest BCUT2D eigenvalue weighted by Gasteiger charge is -2.41. The number of thioether (sulfide) groups is 1. The molecule has 0 radical (unpaired) electrons. The minimum absolute atomic E-state index is 0.0375. The van der Waals surface area contributed by atoms with E-state index >= 15 is 0 Å². The van der Waals surface area contributed by atoms with Crippen LogP contribution < -0.4 is 10.6 Å². The molecule has 10 heteroatoms. The van der Waals surface area contributed by atoms with Crippen molar-refractivity contribution in [3.05, 3.63) is 54.2 Å². The summed E-state index contributed by atoms with van der Waals surface area (Å²) in [6.07, 6.45) is 3.68. The zero-order valence-electron chi connectivity index (χ0n) is 18.7. The molecular formula is C24H26N4O4S2. The number of hydrazine groups is 1. The lowest BCUT2D eigenvalue weighted by Crippen LogP contribution is -2.55. The fraction of sp³-hybridized carbons (Fsp3) is 0.333. The minimum atomic E-state index is -3.92. The van der Waals surface area contributed by atoms with Crippen molar-refractivity contribution in [1.29, 1.82) is 0 Å². The third-order valence-corrected chi connectivity index (χ3v) is 9.21. The first-order chi connectivity index (χ1) is 16.2. The van der Waals surface area contributed by atoms with E-state index in [1.165, 1.54) is 17.1 Å². The highest BCUT2D eigenvalue weighted by molar-refractivity contribution is 8.01. The van der Waals surface area contributed by atoms with E-state index in [0.29, 0.717) is 28.1 Å². The molecule has 1 saturated heterocycles. The number of nitrogens with two attached hydrogens (primary N) is 1. The van der Waals surface area contributed by atoms with Gasteiger partial charge in [-0.05, 0) is 55.4 Å². The zero-order valence-corrected chi connectivity index (χ0v) is 20.3. The van der Waals surface area contributed by atoms with E-state index in [4.69, 9.17) is 5.14 Å². The number of benzene rings is 2. The number of rotatable bonds is 4. The largest absolute Gasteiger partial charge is 0.350 e. The van der Waals surface area contributed by atoms with Crippen molar-refractivity contribution >= 4 is 44.5 Å². The Bertz CT molecular complexity index is 1380. The Hall–Kier alpha value is -2.82. The number of aromatic nitrogens is 1. The van der Waals surface area contributed by atoms with Crippen LogP contribution in [0, 0.1) is 5.92 Å². The Kier molecular flexibility index (Phi) is 5.70. The molecule has 1 aliphatic carbocycles. The quantitative estimate of drug-likeness (QED) is 0.507. The maximum absolute atomic E-state index is 13.6. The third-order valence-electron chi connectivity index (χ3n) is 6.78. The summed E-state index contributed by atoms with van der Waals surface area (Å²) in [4.78, 5) is 29.1. The summed E-state index contributed by atoms with van der Waals surface area (Å²) in [6, 6.07) is 13.7. The number of sulfonamides is 1. The maximum atomic E-state index is 13.6. The highest BCUT2D eigenvalue weighted by Gasteiger charge is 2.49. The molecule has 34 heavy (non-hydrogen) atoms. The lowest BCUT2D eigenvalue weighted by molar-refractivity contribution is -0.134. The number of H-pyrrole nitrogens is 1. The second-order valence-corrected chi connectivity index (χ2v) is 12.0. The fourth-order valence-corrected chi connectivity index (χ4v) is 6.74. The average Bonchev–Trinajstić information content (AvgIpc) is 3.34. The van der Waals surface area contributed by atoms with Gasteiger partial charge in [0, 0.05) is 16.5 Å². The van der Waals surface area contributed by atoms with E-state index in [1.807, 2.05) is 30.3 Å². The van der Waals surface area contributed by atoms with E-state index in [9.17, 15) is 18.0 Å². The SMILES string of the molecule is CC1CCC2(CC1)SCC(=O)N2NC(=O)c1[nH]c2ccc(S(N)(=O)=O)cc2c1-c1ccccc1. The number of primary sulfonamides is 1. The predicted octanol–water partition coefficient (Wildman–Crippen LogP) is 3.61. The summed E-state index contributed by atoms with van der Waals surface area (Å²) in [5.41, 5.74) is 5.05. The number of amides is 2. The molecule has 1 aromatic heterocycles. The predicted molar refractivity (Wildman–Crippen MR) is 132 cm³/mol. The molecule has 2 aromatic carbocycles. The molecule has 2 aliphatic rings. The van der Waals surface area contributed by atoms with E-state index in [-0.39, 0.29) is 16.5 Å². The summed E-state index contributed by atoms with van der Waals surface area (Å²) >= 11 is 1.60. The Balaban J connectivity index is 1.58. The molecule has 2 heterocycles. The molecule has 5 rings (SSSR count). The second-order valence-electron chi connectivity index (χ2n) is 9.08. The van der Waals surface area contributed by atoms with Crippen molar-refractivity contribution in [3.8, 4) is 11.1 Å². The number of fused-ring (bicyclic) bond motifs is 1.